The minimum atomic E-state index is -4.56. The van der Waals surface area contributed by atoms with E-state index < -0.39 is 29.2 Å². The summed E-state index contributed by atoms with van der Waals surface area (Å²) in [6, 6.07) is 5.23. The molecule has 0 nitrogen and oxygen atoms in total. The van der Waals surface area contributed by atoms with E-state index in [-0.39, 0.29) is 11.1 Å². The van der Waals surface area contributed by atoms with Crippen LogP contribution in [0.15, 0.2) is 36.4 Å². The molecule has 0 aliphatic heterocycles. The Morgan fingerprint density at radius 3 is 1.84 bits per heavy atom. The minimum Gasteiger partial charge on any atom is -0.204 e. The van der Waals surface area contributed by atoms with E-state index in [0.717, 1.165) is 18.2 Å². The Kier molecular flexibility index (Phi) is 3.26. The molecule has 0 bridgehead atoms. The number of hydrogen-bond donors (Lipinski definition) is 0. The molecule has 0 fully saturated rings. The summed E-state index contributed by atoms with van der Waals surface area (Å²) < 4.78 is 76.3. The van der Waals surface area contributed by atoms with E-state index >= 15 is 0 Å². The van der Waals surface area contributed by atoms with Crippen molar-refractivity contribution in [3.05, 3.63) is 59.4 Å². The highest BCUT2D eigenvalue weighted by atomic mass is 19.4. The molecule has 0 amide bonds. The highest BCUT2D eigenvalue weighted by Gasteiger charge is 2.30. The Labute approximate surface area is 104 Å². The summed E-state index contributed by atoms with van der Waals surface area (Å²) in [5, 5.41) is 0. The third-order valence-corrected chi connectivity index (χ3v) is 2.51. The molecule has 0 spiro atoms. The number of rotatable bonds is 1. The molecule has 2 rings (SSSR count). The Hall–Kier alpha value is -1.98. The number of hydrogen-bond acceptors (Lipinski definition) is 0. The smallest absolute Gasteiger partial charge is 0.204 e. The predicted molar refractivity (Wildman–Crippen MR) is 56.8 cm³/mol. The minimum absolute atomic E-state index is 0.0485. The Balaban J connectivity index is 2.54. The van der Waals surface area contributed by atoms with Gasteiger partial charge in [-0.05, 0) is 35.4 Å². The van der Waals surface area contributed by atoms with E-state index in [4.69, 9.17) is 0 Å². The van der Waals surface area contributed by atoms with E-state index in [1.165, 1.54) is 6.07 Å². The van der Waals surface area contributed by atoms with Crippen LogP contribution in [-0.2, 0) is 6.18 Å². The van der Waals surface area contributed by atoms with Gasteiger partial charge in [0.25, 0.3) is 0 Å². The second-order valence-electron chi connectivity index (χ2n) is 3.83. The number of alkyl halides is 3. The van der Waals surface area contributed by atoms with Crippen LogP contribution in [0.2, 0.25) is 0 Å². The van der Waals surface area contributed by atoms with Gasteiger partial charge in [-0.25, -0.2) is 13.2 Å². The Bertz CT molecular complexity index is 592. The lowest BCUT2D eigenvalue weighted by Gasteiger charge is -2.09. The van der Waals surface area contributed by atoms with Crippen molar-refractivity contribution >= 4 is 0 Å². The fraction of sp³-hybridized carbons (Fsp3) is 0.0769. The van der Waals surface area contributed by atoms with Gasteiger partial charge in [-0.3, -0.25) is 0 Å². The zero-order chi connectivity index (χ0) is 14.2. The highest BCUT2D eigenvalue weighted by Crippen LogP contribution is 2.32. The largest absolute Gasteiger partial charge is 0.416 e. The lowest BCUT2D eigenvalue weighted by atomic mass is 10.0. The van der Waals surface area contributed by atoms with E-state index in [1.54, 1.807) is 0 Å². The van der Waals surface area contributed by atoms with Crippen LogP contribution in [0.1, 0.15) is 5.56 Å². The molecule has 0 N–H and O–H groups in total. The monoisotopic (exact) mass is 276 g/mol. The van der Waals surface area contributed by atoms with Crippen LogP contribution >= 0.6 is 0 Å². The maximum absolute atomic E-state index is 13.0. The molecular formula is C13H6F6. The third kappa shape index (κ3) is 2.72. The van der Waals surface area contributed by atoms with Crippen molar-refractivity contribution in [1.82, 2.24) is 0 Å². The fourth-order valence-corrected chi connectivity index (χ4v) is 1.60. The molecule has 0 radical (unpaired) electrons. The first-order valence-electron chi connectivity index (χ1n) is 5.11. The van der Waals surface area contributed by atoms with Crippen LogP contribution in [0.5, 0.6) is 0 Å². The van der Waals surface area contributed by atoms with E-state index in [2.05, 4.69) is 0 Å². The molecule has 0 aliphatic carbocycles. The lowest BCUT2D eigenvalue weighted by molar-refractivity contribution is -0.137. The van der Waals surface area contributed by atoms with Crippen LogP contribution in [-0.4, -0.2) is 0 Å². The van der Waals surface area contributed by atoms with Crippen LogP contribution in [0.4, 0.5) is 26.3 Å². The maximum atomic E-state index is 13.0. The first-order valence-corrected chi connectivity index (χ1v) is 5.11. The second-order valence-corrected chi connectivity index (χ2v) is 3.83. The van der Waals surface area contributed by atoms with Crippen molar-refractivity contribution in [3.8, 4) is 11.1 Å². The van der Waals surface area contributed by atoms with Gasteiger partial charge in [0.1, 0.15) is 0 Å². The van der Waals surface area contributed by atoms with Crippen molar-refractivity contribution in [2.45, 2.75) is 6.18 Å². The summed E-state index contributed by atoms with van der Waals surface area (Å²) in [5.41, 5.74) is -1.16. The van der Waals surface area contributed by atoms with Crippen molar-refractivity contribution in [2.75, 3.05) is 0 Å². The summed E-state index contributed by atoms with van der Waals surface area (Å²) in [4.78, 5) is 0. The normalized spacial score (nSPS) is 11.7. The number of benzene rings is 2. The Morgan fingerprint density at radius 2 is 1.32 bits per heavy atom. The van der Waals surface area contributed by atoms with Gasteiger partial charge in [0.15, 0.2) is 17.5 Å². The summed E-state index contributed by atoms with van der Waals surface area (Å²) >= 11 is 0. The van der Waals surface area contributed by atoms with E-state index in [1.807, 2.05) is 0 Å². The topological polar surface area (TPSA) is 0 Å². The van der Waals surface area contributed by atoms with Gasteiger partial charge in [0.05, 0.1) is 5.56 Å². The molecule has 2 aromatic carbocycles. The van der Waals surface area contributed by atoms with Crippen LogP contribution in [0.3, 0.4) is 0 Å². The molecule has 0 aromatic heterocycles. The zero-order valence-electron chi connectivity index (χ0n) is 9.23. The Morgan fingerprint density at radius 1 is 0.737 bits per heavy atom. The summed E-state index contributed by atoms with van der Waals surface area (Å²) in [5.74, 6) is -4.56. The van der Waals surface area contributed by atoms with Crippen molar-refractivity contribution < 1.29 is 26.3 Å². The first-order chi connectivity index (χ1) is 8.79. The molecule has 6 heteroatoms. The SMILES string of the molecule is Fc1cc(-c2cccc(C(F)(F)F)c2)cc(F)c1F. The molecule has 100 valence electrons. The lowest BCUT2D eigenvalue weighted by Crippen LogP contribution is -2.04. The van der Waals surface area contributed by atoms with Gasteiger partial charge in [-0.2, -0.15) is 13.2 Å². The molecule has 0 saturated carbocycles. The quantitative estimate of drug-likeness (QED) is 0.519. The van der Waals surface area contributed by atoms with Gasteiger partial charge in [0.2, 0.25) is 0 Å². The average molecular weight is 276 g/mol. The molecular weight excluding hydrogens is 270 g/mol. The van der Waals surface area contributed by atoms with E-state index in [0.29, 0.717) is 12.1 Å². The highest BCUT2D eigenvalue weighted by molar-refractivity contribution is 5.64. The second kappa shape index (κ2) is 4.60. The van der Waals surface area contributed by atoms with Crippen molar-refractivity contribution in [2.24, 2.45) is 0 Å². The van der Waals surface area contributed by atoms with Gasteiger partial charge < -0.3 is 0 Å². The average Bonchev–Trinajstić information content (AvgIpc) is 2.34. The standard InChI is InChI=1S/C13H6F6/c14-10-5-8(6-11(15)12(10)16)7-2-1-3-9(4-7)13(17,18)19/h1-6H. The number of halogens is 6. The zero-order valence-corrected chi connectivity index (χ0v) is 9.23. The van der Waals surface area contributed by atoms with Crippen molar-refractivity contribution in [3.63, 3.8) is 0 Å². The predicted octanol–water partition coefficient (Wildman–Crippen LogP) is 4.79. The fourth-order valence-electron chi connectivity index (χ4n) is 1.60. The van der Waals surface area contributed by atoms with E-state index in [9.17, 15) is 26.3 Å². The molecule has 0 saturated heterocycles. The van der Waals surface area contributed by atoms with Crippen molar-refractivity contribution in [1.29, 1.82) is 0 Å². The summed E-state index contributed by atoms with van der Waals surface area (Å²) in [6.45, 7) is 0. The molecule has 2 aromatic rings. The third-order valence-electron chi connectivity index (χ3n) is 2.51. The van der Waals surface area contributed by atoms with Crippen LogP contribution in [0, 0.1) is 17.5 Å². The molecule has 0 heterocycles. The molecule has 0 aliphatic rings. The van der Waals surface area contributed by atoms with Gasteiger partial charge in [-0.1, -0.05) is 12.1 Å². The van der Waals surface area contributed by atoms with Crippen LogP contribution < -0.4 is 0 Å². The van der Waals surface area contributed by atoms with Gasteiger partial charge in [0, 0.05) is 0 Å². The summed E-state index contributed by atoms with van der Waals surface area (Å²) in [6.07, 6.45) is -4.56. The molecule has 19 heavy (non-hydrogen) atoms. The first kappa shape index (κ1) is 13.5. The van der Waals surface area contributed by atoms with Gasteiger partial charge >= 0.3 is 6.18 Å². The van der Waals surface area contributed by atoms with Crippen LogP contribution in [0.25, 0.3) is 11.1 Å². The van der Waals surface area contributed by atoms with Gasteiger partial charge in [-0.15, -0.1) is 0 Å². The summed E-state index contributed by atoms with van der Waals surface area (Å²) in [7, 11) is 0. The maximum Gasteiger partial charge on any atom is 0.416 e. The molecule has 0 unspecified atom stereocenters. The molecule has 0 atom stereocenters.